The highest BCUT2D eigenvalue weighted by molar-refractivity contribution is 14.0. The molecule has 0 bridgehead atoms. The number of aromatic amines is 1. The molecule has 1 aromatic carbocycles. The number of H-pyrrole nitrogens is 1. The maximum absolute atomic E-state index is 4.30. The molecule has 0 saturated carbocycles. The van der Waals surface area contributed by atoms with E-state index in [0.29, 0.717) is 0 Å². The number of nitrogens with one attached hydrogen (secondary N) is 3. The van der Waals surface area contributed by atoms with E-state index in [-0.39, 0.29) is 24.0 Å². The number of hydrogen-bond donors (Lipinski definition) is 3. The lowest BCUT2D eigenvalue weighted by molar-refractivity contribution is 0.570. The third-order valence-electron chi connectivity index (χ3n) is 4.59. The fraction of sp³-hybridized carbons (Fsp3) is 0.400. The monoisotopic (exact) mass is 480 g/mol. The molecule has 2 aromatic heterocycles. The summed E-state index contributed by atoms with van der Waals surface area (Å²) in [6.45, 7) is 4.82. The predicted molar refractivity (Wildman–Crippen MR) is 123 cm³/mol. The first kappa shape index (κ1) is 21.3. The van der Waals surface area contributed by atoms with Gasteiger partial charge in [0.2, 0.25) is 0 Å². The first-order chi connectivity index (χ1) is 12.8. The second-order valence-corrected chi connectivity index (χ2v) is 6.31. The molecule has 0 spiro atoms. The Morgan fingerprint density at radius 1 is 1.19 bits per heavy atom. The molecule has 0 unspecified atom stereocenters. The zero-order valence-corrected chi connectivity index (χ0v) is 18.4. The fourth-order valence-corrected chi connectivity index (χ4v) is 3.19. The van der Waals surface area contributed by atoms with Crippen molar-refractivity contribution in [3.05, 3.63) is 54.0 Å². The summed E-state index contributed by atoms with van der Waals surface area (Å²) in [4.78, 5) is 7.73. The largest absolute Gasteiger partial charge is 0.361 e. The third-order valence-corrected chi connectivity index (χ3v) is 4.59. The third kappa shape index (κ3) is 5.72. The van der Waals surface area contributed by atoms with Crippen LogP contribution < -0.4 is 10.6 Å². The Labute approximate surface area is 177 Å². The number of aryl methyl sites for hydroxylation is 2. The summed E-state index contributed by atoms with van der Waals surface area (Å²) in [5.74, 6) is 0.847. The number of aliphatic imine (C=N–C) groups is 1. The molecule has 3 aromatic rings. The number of nitrogens with zero attached hydrogens (tertiary/aromatic N) is 3. The van der Waals surface area contributed by atoms with Crippen molar-refractivity contribution < 1.29 is 0 Å². The minimum Gasteiger partial charge on any atom is -0.361 e. The van der Waals surface area contributed by atoms with Gasteiger partial charge < -0.3 is 15.6 Å². The van der Waals surface area contributed by atoms with Gasteiger partial charge in [0.25, 0.3) is 0 Å². The van der Waals surface area contributed by atoms with Crippen LogP contribution in [0.1, 0.15) is 24.5 Å². The van der Waals surface area contributed by atoms with Crippen molar-refractivity contribution in [2.24, 2.45) is 4.99 Å². The second kappa shape index (κ2) is 11.0. The lowest BCUT2D eigenvalue weighted by Crippen LogP contribution is -2.39. The highest BCUT2D eigenvalue weighted by atomic mass is 127. The standard InChI is InChI=1S/C20H28N6.HI/c1-3-16-7-4-8-18-17(15-24-19(16)18)9-12-23-20(21-2)22-10-5-13-26-14-6-11-25-26;/h4,6-8,11,14-15,24H,3,5,9-10,12-13H2,1-2H3,(H2,21,22,23);1H. The molecule has 0 amide bonds. The Morgan fingerprint density at radius 2 is 2.04 bits per heavy atom. The first-order valence-corrected chi connectivity index (χ1v) is 9.31. The van der Waals surface area contributed by atoms with Crippen LogP contribution in [0.3, 0.4) is 0 Å². The van der Waals surface area contributed by atoms with E-state index >= 15 is 0 Å². The van der Waals surface area contributed by atoms with Crippen molar-refractivity contribution in [2.75, 3.05) is 20.1 Å². The van der Waals surface area contributed by atoms with Crippen LogP contribution in [0.4, 0.5) is 0 Å². The van der Waals surface area contributed by atoms with Gasteiger partial charge >= 0.3 is 0 Å². The summed E-state index contributed by atoms with van der Waals surface area (Å²) in [7, 11) is 1.81. The highest BCUT2D eigenvalue weighted by Crippen LogP contribution is 2.22. The number of guanidine groups is 1. The van der Waals surface area contributed by atoms with E-state index in [4.69, 9.17) is 0 Å². The van der Waals surface area contributed by atoms with Crippen molar-refractivity contribution in [1.82, 2.24) is 25.4 Å². The number of halogens is 1. The molecule has 3 N–H and O–H groups in total. The Hall–Kier alpha value is -2.03. The minimum atomic E-state index is 0. The molecule has 7 heteroatoms. The average molecular weight is 480 g/mol. The zero-order valence-electron chi connectivity index (χ0n) is 16.0. The summed E-state index contributed by atoms with van der Waals surface area (Å²) in [5.41, 5.74) is 3.99. The normalized spacial score (nSPS) is 11.4. The lowest BCUT2D eigenvalue weighted by Gasteiger charge is -2.11. The van der Waals surface area contributed by atoms with Crippen molar-refractivity contribution in [1.29, 1.82) is 0 Å². The number of hydrogen-bond acceptors (Lipinski definition) is 2. The average Bonchev–Trinajstić information content (AvgIpc) is 3.33. The molecule has 6 nitrogen and oxygen atoms in total. The summed E-state index contributed by atoms with van der Waals surface area (Å²) in [6, 6.07) is 8.48. The maximum atomic E-state index is 4.30. The second-order valence-electron chi connectivity index (χ2n) is 6.31. The van der Waals surface area contributed by atoms with Crippen molar-refractivity contribution in [3.63, 3.8) is 0 Å². The van der Waals surface area contributed by atoms with Gasteiger partial charge in [0.05, 0.1) is 0 Å². The molecule has 27 heavy (non-hydrogen) atoms. The number of rotatable bonds is 8. The van der Waals surface area contributed by atoms with Gasteiger partial charge in [0.1, 0.15) is 0 Å². The summed E-state index contributed by atoms with van der Waals surface area (Å²) >= 11 is 0. The molecule has 0 fully saturated rings. The highest BCUT2D eigenvalue weighted by Gasteiger charge is 2.06. The van der Waals surface area contributed by atoms with E-state index in [9.17, 15) is 0 Å². The van der Waals surface area contributed by atoms with Crippen LogP contribution >= 0.6 is 24.0 Å². The van der Waals surface area contributed by atoms with Gasteiger partial charge in [-0.3, -0.25) is 9.67 Å². The van der Waals surface area contributed by atoms with E-state index < -0.39 is 0 Å². The van der Waals surface area contributed by atoms with E-state index in [0.717, 1.165) is 44.9 Å². The number of para-hydroxylation sites is 1. The van der Waals surface area contributed by atoms with Crippen LogP contribution in [0.5, 0.6) is 0 Å². The minimum absolute atomic E-state index is 0. The van der Waals surface area contributed by atoms with Crippen LogP contribution in [0, 0.1) is 0 Å². The van der Waals surface area contributed by atoms with Gasteiger partial charge in [-0.1, -0.05) is 25.1 Å². The van der Waals surface area contributed by atoms with Crippen LogP contribution in [-0.4, -0.2) is 40.9 Å². The molecule has 0 saturated heterocycles. The van der Waals surface area contributed by atoms with Gasteiger partial charge in [0.15, 0.2) is 5.96 Å². The summed E-state index contributed by atoms with van der Waals surface area (Å²) < 4.78 is 1.94. The van der Waals surface area contributed by atoms with Crippen LogP contribution in [-0.2, 0) is 19.4 Å². The molecule has 0 radical (unpaired) electrons. The first-order valence-electron chi connectivity index (χ1n) is 9.31. The Balaban J connectivity index is 0.00000261. The van der Waals surface area contributed by atoms with Gasteiger partial charge in [-0.05, 0) is 36.5 Å². The number of fused-ring (bicyclic) bond motifs is 1. The van der Waals surface area contributed by atoms with E-state index in [2.05, 4.69) is 57.0 Å². The van der Waals surface area contributed by atoms with E-state index in [1.165, 1.54) is 22.0 Å². The topological polar surface area (TPSA) is 70.0 Å². The Morgan fingerprint density at radius 3 is 2.78 bits per heavy atom. The molecule has 0 atom stereocenters. The van der Waals surface area contributed by atoms with Gasteiger partial charge in [-0.2, -0.15) is 5.10 Å². The van der Waals surface area contributed by atoms with Gasteiger partial charge in [-0.25, -0.2) is 0 Å². The predicted octanol–water partition coefficient (Wildman–Crippen LogP) is 3.34. The van der Waals surface area contributed by atoms with Gasteiger partial charge in [-0.15, -0.1) is 24.0 Å². The molecule has 0 aliphatic carbocycles. The van der Waals surface area contributed by atoms with Crippen molar-refractivity contribution in [3.8, 4) is 0 Å². The smallest absolute Gasteiger partial charge is 0.190 e. The van der Waals surface area contributed by atoms with Crippen molar-refractivity contribution in [2.45, 2.75) is 32.7 Å². The molecule has 3 rings (SSSR count). The molecule has 0 aliphatic rings. The summed E-state index contributed by atoms with van der Waals surface area (Å²) in [5, 5.41) is 12.3. The maximum Gasteiger partial charge on any atom is 0.190 e. The van der Waals surface area contributed by atoms with Crippen LogP contribution in [0.25, 0.3) is 10.9 Å². The van der Waals surface area contributed by atoms with Crippen LogP contribution in [0.15, 0.2) is 47.8 Å². The molecular formula is C20H29IN6. The van der Waals surface area contributed by atoms with E-state index in [1.807, 2.05) is 30.2 Å². The Kier molecular flexibility index (Phi) is 8.63. The fourth-order valence-electron chi connectivity index (χ4n) is 3.19. The summed E-state index contributed by atoms with van der Waals surface area (Å²) in [6.07, 6.45) is 8.93. The quantitative estimate of drug-likeness (QED) is 0.201. The van der Waals surface area contributed by atoms with Gasteiger partial charge in [0, 0.05) is 56.2 Å². The molecule has 146 valence electrons. The number of benzene rings is 1. The molecule has 0 aliphatic heterocycles. The van der Waals surface area contributed by atoms with Crippen molar-refractivity contribution >= 4 is 40.8 Å². The SMILES string of the molecule is CCc1cccc2c(CCNC(=NC)NCCCn3cccn3)c[nH]c12.I. The lowest BCUT2D eigenvalue weighted by atomic mass is 10.1. The molecular weight excluding hydrogens is 451 g/mol. The Bertz CT molecular complexity index is 837. The number of aromatic nitrogens is 3. The zero-order chi connectivity index (χ0) is 18.2. The van der Waals surface area contributed by atoms with E-state index in [1.54, 1.807) is 0 Å². The van der Waals surface area contributed by atoms with Crippen LogP contribution in [0.2, 0.25) is 0 Å². The molecule has 2 heterocycles.